The molecule has 0 fully saturated rings. The van der Waals surface area contributed by atoms with Crippen molar-refractivity contribution in [3.8, 4) is 0 Å². The highest BCUT2D eigenvalue weighted by Crippen LogP contribution is 2.15. The molecule has 0 bridgehead atoms. The Kier molecular flexibility index (Phi) is 63.9. The second-order valence-corrected chi connectivity index (χ2v) is 21.6. The zero-order valence-corrected chi connectivity index (χ0v) is 52.5. The quantitative estimate of drug-likeness (QED) is 0.0261. The molecule has 81 heavy (non-hydrogen) atoms. The SMILES string of the molecule is CC/C=C\C/C=C\C/C=C\C/C=C\C/C=C\C/C=C\C/C=C\C/C=C\C/C=C\C/C=C\CCCCCCC(=O)OCC(COC(=O)CCCCCCCCCCCC)OC(=O)CCCCCCCCC/C=C\C/C=C\CCCCCC. The highest BCUT2D eigenvalue weighted by molar-refractivity contribution is 5.71. The maximum absolute atomic E-state index is 12.9. The lowest BCUT2D eigenvalue weighted by molar-refractivity contribution is -0.167. The molecule has 0 heterocycles. The summed E-state index contributed by atoms with van der Waals surface area (Å²) >= 11 is 0. The molecule has 0 N–H and O–H groups in total. The zero-order chi connectivity index (χ0) is 58.5. The van der Waals surface area contributed by atoms with Crippen molar-refractivity contribution in [3.63, 3.8) is 0 Å². The van der Waals surface area contributed by atoms with Crippen molar-refractivity contribution in [2.75, 3.05) is 13.2 Å². The van der Waals surface area contributed by atoms with Gasteiger partial charge in [0.15, 0.2) is 6.10 Å². The van der Waals surface area contributed by atoms with E-state index in [1.54, 1.807) is 0 Å². The molecule has 6 nitrogen and oxygen atoms in total. The Balaban J connectivity index is 4.29. The number of carbonyl (C=O) groups excluding carboxylic acids is 3. The van der Waals surface area contributed by atoms with Crippen LogP contribution in [0.25, 0.3) is 0 Å². The first-order valence-electron chi connectivity index (χ1n) is 33.3. The molecular formula is C75H122O6. The van der Waals surface area contributed by atoms with Gasteiger partial charge >= 0.3 is 17.9 Å². The molecule has 6 heteroatoms. The van der Waals surface area contributed by atoms with Crippen molar-refractivity contribution >= 4 is 17.9 Å². The lowest BCUT2D eigenvalue weighted by atomic mass is 10.1. The Labute approximate surface area is 499 Å². The molecule has 0 aromatic carbocycles. The van der Waals surface area contributed by atoms with Crippen LogP contribution in [0.15, 0.2) is 146 Å². The van der Waals surface area contributed by atoms with E-state index in [0.717, 1.165) is 148 Å². The van der Waals surface area contributed by atoms with Gasteiger partial charge in [0.05, 0.1) is 0 Å². The molecule has 0 aromatic heterocycles. The van der Waals surface area contributed by atoms with Crippen LogP contribution in [0.4, 0.5) is 0 Å². The minimum absolute atomic E-state index is 0.0912. The topological polar surface area (TPSA) is 78.9 Å². The van der Waals surface area contributed by atoms with Crippen LogP contribution >= 0.6 is 0 Å². The van der Waals surface area contributed by atoms with Crippen LogP contribution in [0, 0.1) is 0 Å². The van der Waals surface area contributed by atoms with E-state index >= 15 is 0 Å². The molecule has 458 valence electrons. The summed E-state index contributed by atoms with van der Waals surface area (Å²) < 4.78 is 16.9. The van der Waals surface area contributed by atoms with Gasteiger partial charge in [-0.2, -0.15) is 0 Å². The third-order valence-corrected chi connectivity index (χ3v) is 13.8. The second-order valence-electron chi connectivity index (χ2n) is 21.6. The minimum atomic E-state index is -0.796. The molecule has 1 atom stereocenters. The van der Waals surface area contributed by atoms with Gasteiger partial charge in [0.25, 0.3) is 0 Å². The number of unbranched alkanes of at least 4 members (excludes halogenated alkanes) is 24. The van der Waals surface area contributed by atoms with Crippen LogP contribution in [0.1, 0.15) is 290 Å². The molecule has 0 rings (SSSR count). The molecule has 0 amide bonds. The summed E-state index contributed by atoms with van der Waals surface area (Å²) in [6.07, 6.45) is 97.2. The molecular weight excluding hydrogens is 997 g/mol. The summed E-state index contributed by atoms with van der Waals surface area (Å²) in [5.41, 5.74) is 0. The lowest BCUT2D eigenvalue weighted by Crippen LogP contribution is -2.30. The fourth-order valence-corrected chi connectivity index (χ4v) is 8.85. The van der Waals surface area contributed by atoms with Gasteiger partial charge in [-0.05, 0) is 128 Å². The van der Waals surface area contributed by atoms with E-state index in [4.69, 9.17) is 14.2 Å². The highest BCUT2D eigenvalue weighted by atomic mass is 16.6. The molecule has 0 aliphatic heterocycles. The smallest absolute Gasteiger partial charge is 0.306 e. The number of ether oxygens (including phenoxy) is 3. The van der Waals surface area contributed by atoms with Crippen molar-refractivity contribution in [3.05, 3.63) is 146 Å². The summed E-state index contributed by atoms with van der Waals surface area (Å²) in [4.78, 5) is 38.2. The average Bonchev–Trinajstić information content (AvgIpc) is 3.47. The fourth-order valence-electron chi connectivity index (χ4n) is 8.85. The van der Waals surface area contributed by atoms with Gasteiger partial charge in [0.2, 0.25) is 0 Å². The highest BCUT2D eigenvalue weighted by Gasteiger charge is 2.19. The second kappa shape index (κ2) is 67.8. The first kappa shape index (κ1) is 76.3. The first-order valence-corrected chi connectivity index (χ1v) is 33.3. The molecule has 0 aliphatic rings. The van der Waals surface area contributed by atoms with E-state index in [2.05, 4.69) is 167 Å². The van der Waals surface area contributed by atoms with E-state index in [-0.39, 0.29) is 31.1 Å². The Morgan fingerprint density at radius 1 is 0.259 bits per heavy atom. The number of rotatable bonds is 59. The first-order chi connectivity index (χ1) is 40.0. The van der Waals surface area contributed by atoms with Crippen LogP contribution in [0.2, 0.25) is 0 Å². The predicted octanol–water partition coefficient (Wildman–Crippen LogP) is 23.1. The Morgan fingerprint density at radius 2 is 0.481 bits per heavy atom. The maximum Gasteiger partial charge on any atom is 0.306 e. The van der Waals surface area contributed by atoms with Gasteiger partial charge in [-0.15, -0.1) is 0 Å². The number of hydrogen-bond donors (Lipinski definition) is 0. The van der Waals surface area contributed by atoms with Crippen LogP contribution in [0.5, 0.6) is 0 Å². The van der Waals surface area contributed by atoms with E-state index in [0.29, 0.717) is 19.3 Å². The molecule has 0 saturated heterocycles. The van der Waals surface area contributed by atoms with Gasteiger partial charge in [0, 0.05) is 19.3 Å². The van der Waals surface area contributed by atoms with Crippen LogP contribution < -0.4 is 0 Å². The number of esters is 3. The van der Waals surface area contributed by atoms with Crippen LogP contribution in [-0.4, -0.2) is 37.2 Å². The third-order valence-electron chi connectivity index (χ3n) is 13.8. The zero-order valence-electron chi connectivity index (χ0n) is 52.5. The van der Waals surface area contributed by atoms with Gasteiger partial charge in [-0.1, -0.05) is 289 Å². The summed E-state index contributed by atoms with van der Waals surface area (Å²) in [6.45, 7) is 6.47. The van der Waals surface area contributed by atoms with Crippen LogP contribution in [0.3, 0.4) is 0 Å². The van der Waals surface area contributed by atoms with Crippen molar-refractivity contribution in [2.24, 2.45) is 0 Å². The summed E-state index contributed by atoms with van der Waals surface area (Å²) in [5, 5.41) is 0. The van der Waals surface area contributed by atoms with Gasteiger partial charge in [-0.25, -0.2) is 0 Å². The largest absolute Gasteiger partial charge is 0.462 e. The van der Waals surface area contributed by atoms with Crippen LogP contribution in [-0.2, 0) is 28.6 Å². The standard InChI is InChI=1S/C75H122O6/c1-4-7-10-13-16-19-22-24-26-28-30-31-32-33-34-35-36-37-38-39-40-41-42-43-44-45-46-48-49-51-53-56-59-62-65-68-74(77)80-71-72(70-79-73(76)67-64-61-58-55-21-18-15-12-9-6-3)81-75(78)69-66-63-60-57-54-52-50-47-29-27-25-23-20-17-14-11-8-5-2/h7,10,16,19-20,23-24,26-27,29-31,33-34,36-37,39-40,42-43,45-46,49,51,72H,4-6,8-9,11-15,17-18,21-22,25,28,32,35,38,41,44,47-48,50,52-71H2,1-3H3/b10-7-,19-16-,23-20-,26-24-,29-27-,31-30-,34-33-,37-36-,40-39-,43-42-,46-45-,51-49-. The maximum atomic E-state index is 12.9. The van der Waals surface area contributed by atoms with E-state index in [1.165, 1.54) is 103 Å². The molecule has 1 unspecified atom stereocenters. The minimum Gasteiger partial charge on any atom is -0.462 e. The lowest BCUT2D eigenvalue weighted by Gasteiger charge is -2.18. The van der Waals surface area contributed by atoms with Gasteiger partial charge in [-0.3, -0.25) is 14.4 Å². The Bertz CT molecular complexity index is 1760. The molecule has 0 aromatic rings. The predicted molar refractivity (Wildman–Crippen MR) is 352 cm³/mol. The van der Waals surface area contributed by atoms with Crippen molar-refractivity contribution in [1.82, 2.24) is 0 Å². The van der Waals surface area contributed by atoms with Gasteiger partial charge in [0.1, 0.15) is 13.2 Å². The number of hydrogen-bond acceptors (Lipinski definition) is 6. The number of carbonyl (C=O) groups is 3. The molecule has 0 saturated carbocycles. The average molecular weight is 1120 g/mol. The van der Waals surface area contributed by atoms with Crippen molar-refractivity contribution in [1.29, 1.82) is 0 Å². The Hall–Kier alpha value is -4.71. The summed E-state index contributed by atoms with van der Waals surface area (Å²) in [7, 11) is 0. The van der Waals surface area contributed by atoms with Gasteiger partial charge < -0.3 is 14.2 Å². The third kappa shape index (κ3) is 66.0. The van der Waals surface area contributed by atoms with Crippen molar-refractivity contribution < 1.29 is 28.6 Å². The number of allylic oxidation sites excluding steroid dienone is 24. The summed E-state index contributed by atoms with van der Waals surface area (Å²) in [5.74, 6) is -0.925. The molecule has 0 radical (unpaired) electrons. The van der Waals surface area contributed by atoms with Crippen molar-refractivity contribution in [2.45, 2.75) is 297 Å². The molecule has 0 spiro atoms. The van der Waals surface area contributed by atoms with E-state index in [9.17, 15) is 14.4 Å². The summed E-state index contributed by atoms with van der Waals surface area (Å²) in [6, 6.07) is 0. The van der Waals surface area contributed by atoms with E-state index in [1.807, 2.05) is 0 Å². The Morgan fingerprint density at radius 3 is 0.765 bits per heavy atom. The fraction of sp³-hybridized carbons (Fsp3) is 0.640. The van der Waals surface area contributed by atoms with E-state index < -0.39 is 6.10 Å². The molecule has 0 aliphatic carbocycles. The normalized spacial score (nSPS) is 13.1. The monoisotopic (exact) mass is 1120 g/mol.